The van der Waals surface area contributed by atoms with Gasteiger partial charge in [0.15, 0.2) is 0 Å². The molecule has 0 atom stereocenters. The molecule has 0 spiro atoms. The Hall–Kier alpha value is -2.59. The van der Waals surface area contributed by atoms with E-state index in [1.165, 1.54) is 15.8 Å². The van der Waals surface area contributed by atoms with Gasteiger partial charge in [-0.05, 0) is 56.0 Å². The highest BCUT2D eigenvalue weighted by atomic mass is 32.1. The molecule has 2 aromatic carbocycles. The fraction of sp³-hybridized carbons (Fsp3) is 0.227. The summed E-state index contributed by atoms with van der Waals surface area (Å²) in [5.41, 5.74) is 0.867. The number of ether oxygens (including phenoxy) is 2. The van der Waals surface area contributed by atoms with Gasteiger partial charge in [-0.15, -0.1) is 11.3 Å². The minimum absolute atomic E-state index is 0.272. The lowest BCUT2D eigenvalue weighted by Gasteiger charge is -2.25. The molecular weight excluding hydrogens is 344 g/mol. The monoisotopic (exact) mass is 366 g/mol. The van der Waals surface area contributed by atoms with E-state index in [0.717, 1.165) is 10.4 Å². The summed E-state index contributed by atoms with van der Waals surface area (Å²) < 4.78 is 12.4. The summed E-state index contributed by atoms with van der Waals surface area (Å²) in [5.74, 6) is 0.359. The lowest BCUT2D eigenvalue weighted by Crippen LogP contribution is -2.35. The molecular formula is C22H22O3S. The molecule has 0 aliphatic carbocycles. The summed E-state index contributed by atoms with van der Waals surface area (Å²) in [6, 6.07) is 18.6. The molecule has 0 bridgehead atoms. The fourth-order valence-corrected chi connectivity index (χ4v) is 3.57. The van der Waals surface area contributed by atoms with Crippen molar-refractivity contribution in [2.24, 2.45) is 0 Å². The number of rotatable bonds is 6. The van der Waals surface area contributed by atoms with Crippen molar-refractivity contribution in [1.82, 2.24) is 0 Å². The summed E-state index contributed by atoms with van der Waals surface area (Å²) in [4.78, 5) is 12.9. The molecule has 0 radical (unpaired) electrons. The molecule has 0 fully saturated rings. The van der Waals surface area contributed by atoms with E-state index in [2.05, 4.69) is 30.8 Å². The van der Waals surface area contributed by atoms with Crippen LogP contribution in [0, 0.1) is 0 Å². The average Bonchev–Trinajstić information content (AvgIpc) is 3.03. The van der Waals surface area contributed by atoms with Gasteiger partial charge in [-0.1, -0.05) is 36.9 Å². The predicted molar refractivity (Wildman–Crippen MR) is 108 cm³/mol. The number of hydrogen-bond donors (Lipinski definition) is 0. The van der Waals surface area contributed by atoms with Crippen LogP contribution < -0.4 is 4.74 Å². The van der Waals surface area contributed by atoms with Gasteiger partial charge in [0, 0.05) is 15.2 Å². The average molecular weight is 366 g/mol. The Kier molecular flexibility index (Phi) is 5.14. The molecule has 3 rings (SSSR count). The number of benzene rings is 2. The van der Waals surface area contributed by atoms with E-state index < -0.39 is 11.6 Å². The van der Waals surface area contributed by atoms with Gasteiger partial charge in [0.2, 0.25) is 0 Å². The van der Waals surface area contributed by atoms with E-state index in [0.29, 0.717) is 5.57 Å². The lowest BCUT2D eigenvalue weighted by atomic mass is 10.1. The Bertz CT molecular complexity index is 938. The molecule has 134 valence electrons. The third-order valence-corrected chi connectivity index (χ3v) is 5.00. The van der Waals surface area contributed by atoms with Gasteiger partial charge in [0.05, 0.1) is 0 Å². The molecule has 0 aliphatic rings. The SMILES string of the molecule is C=C(C)C(=O)OC(C)(C)COc1ccc2cc(-c3ccccc3)sc2c1. The van der Waals surface area contributed by atoms with Crippen molar-refractivity contribution in [2.75, 3.05) is 6.61 Å². The van der Waals surface area contributed by atoms with Crippen LogP contribution in [0.25, 0.3) is 20.5 Å². The normalized spacial score (nSPS) is 11.3. The van der Waals surface area contributed by atoms with E-state index in [1.54, 1.807) is 18.3 Å². The molecule has 3 aromatic rings. The van der Waals surface area contributed by atoms with Gasteiger partial charge in [-0.25, -0.2) is 4.79 Å². The number of fused-ring (bicyclic) bond motifs is 1. The van der Waals surface area contributed by atoms with Gasteiger partial charge in [-0.3, -0.25) is 0 Å². The maximum atomic E-state index is 11.7. The first-order valence-corrected chi connectivity index (χ1v) is 9.26. The van der Waals surface area contributed by atoms with Gasteiger partial charge in [0.25, 0.3) is 0 Å². The quantitative estimate of drug-likeness (QED) is 0.406. The van der Waals surface area contributed by atoms with E-state index in [-0.39, 0.29) is 6.61 Å². The highest BCUT2D eigenvalue weighted by Crippen LogP contribution is 2.35. The Morgan fingerprint density at radius 3 is 2.54 bits per heavy atom. The van der Waals surface area contributed by atoms with Crippen molar-refractivity contribution in [3.05, 3.63) is 66.7 Å². The molecule has 1 heterocycles. The number of hydrogen-bond acceptors (Lipinski definition) is 4. The maximum Gasteiger partial charge on any atom is 0.333 e. The van der Waals surface area contributed by atoms with Crippen LogP contribution in [0.5, 0.6) is 5.75 Å². The maximum absolute atomic E-state index is 11.7. The second-order valence-electron chi connectivity index (χ2n) is 6.89. The van der Waals surface area contributed by atoms with Gasteiger partial charge in [-0.2, -0.15) is 0 Å². The highest BCUT2D eigenvalue weighted by Gasteiger charge is 2.24. The summed E-state index contributed by atoms with van der Waals surface area (Å²) in [7, 11) is 0. The van der Waals surface area contributed by atoms with E-state index in [9.17, 15) is 4.79 Å². The molecule has 4 heteroatoms. The van der Waals surface area contributed by atoms with Gasteiger partial charge in [0.1, 0.15) is 18.0 Å². The largest absolute Gasteiger partial charge is 0.489 e. The van der Waals surface area contributed by atoms with E-state index in [4.69, 9.17) is 9.47 Å². The Morgan fingerprint density at radius 2 is 1.85 bits per heavy atom. The molecule has 0 saturated heterocycles. The zero-order chi connectivity index (χ0) is 18.7. The van der Waals surface area contributed by atoms with Crippen molar-refractivity contribution >= 4 is 27.4 Å². The fourth-order valence-electron chi connectivity index (χ4n) is 2.47. The number of thiophene rings is 1. The summed E-state index contributed by atoms with van der Waals surface area (Å²) >= 11 is 1.74. The van der Waals surface area contributed by atoms with Crippen molar-refractivity contribution in [1.29, 1.82) is 0 Å². The van der Waals surface area contributed by atoms with Crippen LogP contribution >= 0.6 is 11.3 Å². The van der Waals surface area contributed by atoms with Crippen LogP contribution in [0.15, 0.2) is 66.7 Å². The van der Waals surface area contributed by atoms with Crippen molar-refractivity contribution < 1.29 is 14.3 Å². The second-order valence-corrected chi connectivity index (χ2v) is 7.98. The summed E-state index contributed by atoms with van der Waals surface area (Å²) in [6.45, 7) is 9.16. The second kappa shape index (κ2) is 7.34. The predicted octanol–water partition coefficient (Wildman–Crippen LogP) is 5.85. The van der Waals surface area contributed by atoms with Crippen LogP contribution in [-0.4, -0.2) is 18.2 Å². The van der Waals surface area contributed by atoms with Gasteiger partial charge >= 0.3 is 5.97 Å². The van der Waals surface area contributed by atoms with Crippen molar-refractivity contribution in [3.63, 3.8) is 0 Å². The summed E-state index contributed by atoms with van der Waals surface area (Å²) in [6.07, 6.45) is 0. The Balaban J connectivity index is 1.73. The minimum atomic E-state index is -0.727. The third kappa shape index (κ3) is 4.33. The van der Waals surface area contributed by atoms with Crippen LogP contribution in [-0.2, 0) is 9.53 Å². The zero-order valence-electron chi connectivity index (χ0n) is 15.2. The number of carbonyl (C=O) groups excluding carboxylic acids is 1. The molecule has 3 nitrogen and oxygen atoms in total. The molecule has 0 unspecified atom stereocenters. The third-order valence-electron chi connectivity index (χ3n) is 3.85. The van der Waals surface area contributed by atoms with Crippen molar-refractivity contribution in [3.8, 4) is 16.2 Å². The Morgan fingerprint density at radius 1 is 1.12 bits per heavy atom. The molecule has 1 aromatic heterocycles. The first-order chi connectivity index (χ1) is 12.3. The van der Waals surface area contributed by atoms with E-state index in [1.807, 2.05) is 44.2 Å². The zero-order valence-corrected chi connectivity index (χ0v) is 16.1. The molecule has 0 aliphatic heterocycles. The first-order valence-electron chi connectivity index (χ1n) is 8.45. The number of carbonyl (C=O) groups is 1. The van der Waals surface area contributed by atoms with Crippen molar-refractivity contribution in [2.45, 2.75) is 26.4 Å². The standard InChI is InChI=1S/C22H22O3S/c1-15(2)21(23)25-22(3,4)14-24-18-11-10-17-12-19(26-20(17)13-18)16-8-6-5-7-9-16/h5-13H,1,14H2,2-4H3. The summed E-state index contributed by atoms with van der Waals surface area (Å²) in [5, 5.41) is 1.19. The van der Waals surface area contributed by atoms with Crippen LogP contribution in [0.2, 0.25) is 0 Å². The smallest absolute Gasteiger partial charge is 0.333 e. The Labute approximate surface area is 157 Å². The molecule has 0 saturated carbocycles. The lowest BCUT2D eigenvalue weighted by molar-refractivity contribution is -0.154. The topological polar surface area (TPSA) is 35.5 Å². The molecule has 0 N–H and O–H groups in total. The van der Waals surface area contributed by atoms with E-state index >= 15 is 0 Å². The molecule has 0 amide bonds. The minimum Gasteiger partial charge on any atom is -0.489 e. The highest BCUT2D eigenvalue weighted by molar-refractivity contribution is 7.22. The first kappa shape index (κ1) is 18.2. The number of esters is 1. The molecule has 26 heavy (non-hydrogen) atoms. The van der Waals surface area contributed by atoms with Crippen LogP contribution in [0.4, 0.5) is 0 Å². The van der Waals surface area contributed by atoms with Gasteiger partial charge < -0.3 is 9.47 Å². The van der Waals surface area contributed by atoms with Crippen LogP contribution in [0.3, 0.4) is 0 Å². The van der Waals surface area contributed by atoms with Crippen LogP contribution in [0.1, 0.15) is 20.8 Å².